The van der Waals surface area contributed by atoms with Crippen molar-refractivity contribution in [3.63, 3.8) is 0 Å². The summed E-state index contributed by atoms with van der Waals surface area (Å²) in [5.74, 6) is -1.19. The van der Waals surface area contributed by atoms with Crippen molar-refractivity contribution in [1.29, 1.82) is 0 Å². The van der Waals surface area contributed by atoms with Crippen LogP contribution >= 0.6 is 0 Å². The van der Waals surface area contributed by atoms with Crippen molar-refractivity contribution >= 4 is 5.97 Å². The molecule has 0 spiro atoms. The molecule has 8 heavy (non-hydrogen) atoms. The Morgan fingerprint density at radius 2 is 1.50 bits per heavy atom. The SMILES string of the molecule is O.O.O=C(O)CO.[Zn]. The van der Waals surface area contributed by atoms with Gasteiger partial charge in [-0.3, -0.25) is 0 Å². The number of carbonyl (C=O) groups is 1. The van der Waals surface area contributed by atoms with E-state index in [1.807, 2.05) is 0 Å². The second kappa shape index (κ2) is 15.8. The van der Waals surface area contributed by atoms with Crippen LogP contribution in [-0.4, -0.2) is 33.7 Å². The fourth-order valence-corrected chi connectivity index (χ4v) is 0. The van der Waals surface area contributed by atoms with E-state index >= 15 is 0 Å². The maximum atomic E-state index is 9.12. The first-order valence-corrected chi connectivity index (χ1v) is 1.10. The van der Waals surface area contributed by atoms with Crippen molar-refractivity contribution in [1.82, 2.24) is 0 Å². The van der Waals surface area contributed by atoms with Crippen LogP contribution in [0.4, 0.5) is 0 Å². The van der Waals surface area contributed by atoms with Gasteiger partial charge in [0.1, 0.15) is 6.61 Å². The van der Waals surface area contributed by atoms with E-state index < -0.39 is 12.6 Å². The van der Waals surface area contributed by atoms with E-state index in [1.165, 1.54) is 0 Å². The molecule has 0 aliphatic rings. The molecule has 0 aromatic carbocycles. The molecule has 0 heterocycles. The standard InChI is InChI=1S/C2H4O3.2H2O.Zn/c3-1-2(4)5;;;/h3H,1H2,(H,4,5);2*1H2;. The molecule has 0 aromatic heterocycles. The minimum atomic E-state index is -1.19. The normalized spacial score (nSPS) is 4.62. The summed E-state index contributed by atoms with van der Waals surface area (Å²) in [5, 5.41) is 15.0. The third-order valence-electron chi connectivity index (χ3n) is 0.135. The van der Waals surface area contributed by atoms with E-state index in [-0.39, 0.29) is 30.4 Å². The predicted octanol–water partition coefficient (Wildman–Crippen LogP) is -2.59. The van der Waals surface area contributed by atoms with Crippen LogP contribution in [0.3, 0.4) is 0 Å². The van der Waals surface area contributed by atoms with Crippen LogP contribution in [0.5, 0.6) is 0 Å². The molecule has 6 heteroatoms. The van der Waals surface area contributed by atoms with Gasteiger partial charge in [0.2, 0.25) is 0 Å². The van der Waals surface area contributed by atoms with Gasteiger partial charge in [0.25, 0.3) is 0 Å². The molecule has 0 bridgehead atoms. The van der Waals surface area contributed by atoms with Crippen LogP contribution in [0.25, 0.3) is 0 Å². The van der Waals surface area contributed by atoms with Crippen LogP contribution in [-0.2, 0) is 24.3 Å². The van der Waals surface area contributed by atoms with Crippen molar-refractivity contribution in [3.8, 4) is 0 Å². The topological polar surface area (TPSA) is 121 Å². The van der Waals surface area contributed by atoms with Gasteiger partial charge in [-0.2, -0.15) is 0 Å². The Balaban J connectivity index is -0.0000000267. The zero-order valence-corrected chi connectivity index (χ0v) is 7.18. The summed E-state index contributed by atoms with van der Waals surface area (Å²) in [7, 11) is 0. The molecule has 0 amide bonds. The number of carboxylic acid groups (broad SMARTS) is 1. The Labute approximate surface area is 58.7 Å². The first-order chi connectivity index (χ1) is 2.27. The van der Waals surface area contributed by atoms with Crippen molar-refractivity contribution in [3.05, 3.63) is 0 Å². The fraction of sp³-hybridized carbons (Fsp3) is 0.500. The van der Waals surface area contributed by atoms with Gasteiger partial charge in [-0.1, -0.05) is 0 Å². The number of aliphatic hydroxyl groups is 1. The average molecular weight is 177 g/mol. The molecular weight excluding hydrogens is 169 g/mol. The van der Waals surface area contributed by atoms with Crippen LogP contribution < -0.4 is 0 Å². The second-order valence-corrected chi connectivity index (χ2v) is 0.552. The zero-order chi connectivity index (χ0) is 4.28. The van der Waals surface area contributed by atoms with Gasteiger partial charge in [-0.05, 0) is 0 Å². The van der Waals surface area contributed by atoms with Gasteiger partial charge >= 0.3 is 5.97 Å². The molecular formula is C2H8O5Zn. The largest absolute Gasteiger partial charge is 0.480 e. The average Bonchev–Trinajstić information content (AvgIpc) is 1.38. The number of hydrogen-bond acceptors (Lipinski definition) is 2. The van der Waals surface area contributed by atoms with E-state index in [9.17, 15) is 0 Å². The number of carboxylic acids is 1. The molecule has 0 saturated heterocycles. The quantitative estimate of drug-likeness (QED) is 0.428. The first-order valence-electron chi connectivity index (χ1n) is 1.10. The molecule has 5 nitrogen and oxygen atoms in total. The summed E-state index contributed by atoms with van der Waals surface area (Å²) in [4.78, 5) is 9.12. The predicted molar refractivity (Wildman–Crippen MR) is 21.9 cm³/mol. The minimum absolute atomic E-state index is 0. The maximum Gasteiger partial charge on any atom is 0.329 e. The minimum Gasteiger partial charge on any atom is -0.480 e. The van der Waals surface area contributed by atoms with E-state index in [1.54, 1.807) is 0 Å². The number of rotatable bonds is 1. The Hall–Kier alpha value is -0.0266. The van der Waals surface area contributed by atoms with Crippen LogP contribution in [0.15, 0.2) is 0 Å². The van der Waals surface area contributed by atoms with Gasteiger partial charge in [0, 0.05) is 19.5 Å². The van der Waals surface area contributed by atoms with Crippen molar-refractivity contribution in [2.24, 2.45) is 0 Å². The Morgan fingerprint density at radius 3 is 1.50 bits per heavy atom. The Kier molecular flexibility index (Phi) is 48.4. The van der Waals surface area contributed by atoms with Gasteiger partial charge < -0.3 is 21.2 Å². The monoisotopic (exact) mass is 176 g/mol. The molecule has 0 unspecified atom stereocenters. The Bertz CT molecular complexity index is 45.7. The smallest absolute Gasteiger partial charge is 0.329 e. The van der Waals surface area contributed by atoms with Crippen molar-refractivity contribution in [2.75, 3.05) is 6.61 Å². The summed E-state index contributed by atoms with van der Waals surface area (Å²) in [6.45, 7) is -0.778. The molecule has 0 aliphatic heterocycles. The zero-order valence-electron chi connectivity index (χ0n) is 4.22. The van der Waals surface area contributed by atoms with Crippen LogP contribution in [0, 0.1) is 0 Å². The van der Waals surface area contributed by atoms with Gasteiger partial charge in [-0.15, -0.1) is 0 Å². The van der Waals surface area contributed by atoms with E-state index in [0.29, 0.717) is 0 Å². The van der Waals surface area contributed by atoms with E-state index in [4.69, 9.17) is 15.0 Å². The number of aliphatic hydroxyl groups excluding tert-OH is 1. The van der Waals surface area contributed by atoms with E-state index in [0.717, 1.165) is 0 Å². The first kappa shape index (κ1) is 24.6. The fourth-order valence-electron chi connectivity index (χ4n) is 0. The van der Waals surface area contributed by atoms with Gasteiger partial charge in [-0.25, -0.2) is 4.79 Å². The molecule has 0 aromatic rings. The summed E-state index contributed by atoms with van der Waals surface area (Å²) in [6, 6.07) is 0. The van der Waals surface area contributed by atoms with Gasteiger partial charge in [0.15, 0.2) is 0 Å². The molecule has 0 rings (SSSR count). The molecule has 0 atom stereocenters. The van der Waals surface area contributed by atoms with Crippen molar-refractivity contribution < 1.29 is 45.4 Å². The molecule has 0 fully saturated rings. The van der Waals surface area contributed by atoms with Crippen molar-refractivity contribution in [2.45, 2.75) is 0 Å². The summed E-state index contributed by atoms with van der Waals surface area (Å²) < 4.78 is 0. The third-order valence-corrected chi connectivity index (χ3v) is 0.135. The van der Waals surface area contributed by atoms with Gasteiger partial charge in [0.05, 0.1) is 0 Å². The molecule has 48 valence electrons. The van der Waals surface area contributed by atoms with E-state index in [2.05, 4.69) is 0 Å². The Morgan fingerprint density at radius 1 is 1.38 bits per heavy atom. The summed E-state index contributed by atoms with van der Waals surface area (Å²) in [6.07, 6.45) is 0. The molecule has 0 saturated carbocycles. The summed E-state index contributed by atoms with van der Waals surface area (Å²) in [5.41, 5.74) is 0. The van der Waals surface area contributed by atoms with Crippen LogP contribution in [0.1, 0.15) is 0 Å². The third kappa shape index (κ3) is 37.9. The molecule has 0 radical (unpaired) electrons. The second-order valence-electron chi connectivity index (χ2n) is 0.552. The summed E-state index contributed by atoms with van der Waals surface area (Å²) >= 11 is 0. The maximum absolute atomic E-state index is 9.12. The number of hydrogen-bond donors (Lipinski definition) is 2. The number of aliphatic carboxylic acids is 1. The molecule has 6 N–H and O–H groups in total. The van der Waals surface area contributed by atoms with Crippen LogP contribution in [0.2, 0.25) is 0 Å². The molecule has 0 aliphatic carbocycles.